The van der Waals surface area contributed by atoms with Crippen molar-refractivity contribution in [3.05, 3.63) is 21.3 Å². The van der Waals surface area contributed by atoms with Gasteiger partial charge in [-0.25, -0.2) is 0 Å². The predicted molar refractivity (Wildman–Crippen MR) is 64.6 cm³/mol. The van der Waals surface area contributed by atoms with Crippen LogP contribution in [0.3, 0.4) is 0 Å². The lowest BCUT2D eigenvalue weighted by atomic mass is 9.92. The van der Waals surface area contributed by atoms with Crippen LogP contribution in [0.1, 0.15) is 17.7 Å². The molecule has 0 aliphatic carbocycles. The lowest BCUT2D eigenvalue weighted by molar-refractivity contribution is 0.0451. The van der Waals surface area contributed by atoms with E-state index in [0.717, 1.165) is 30.4 Å². The molecule has 0 bridgehead atoms. The van der Waals surface area contributed by atoms with Gasteiger partial charge in [-0.15, -0.1) is 11.3 Å². The van der Waals surface area contributed by atoms with Crippen molar-refractivity contribution >= 4 is 22.9 Å². The number of hydrogen-bond acceptors (Lipinski definition) is 3. The molecular weight excluding hydrogens is 230 g/mol. The fourth-order valence-corrected chi connectivity index (χ4v) is 3.12. The van der Waals surface area contributed by atoms with Gasteiger partial charge in [0.05, 0.1) is 10.9 Å². The first kappa shape index (κ1) is 11.4. The summed E-state index contributed by atoms with van der Waals surface area (Å²) in [6, 6.07) is 4.21. The molecule has 2 nitrogen and oxygen atoms in total. The summed E-state index contributed by atoms with van der Waals surface area (Å²) in [7, 11) is 0. The van der Waals surface area contributed by atoms with Crippen molar-refractivity contribution < 1.29 is 4.74 Å². The molecule has 15 heavy (non-hydrogen) atoms. The molecule has 1 aliphatic heterocycles. The average molecular weight is 246 g/mol. The third-order valence-corrected chi connectivity index (χ3v) is 4.12. The van der Waals surface area contributed by atoms with Crippen molar-refractivity contribution in [2.75, 3.05) is 13.2 Å². The molecule has 2 rings (SSSR count). The standard InChI is InChI=1S/C11H16ClNOS/c12-11-4-3-9(15-11)6-10(13)8-2-1-5-14-7-8/h3-4,8,10H,1-2,5-7,13H2. The smallest absolute Gasteiger partial charge is 0.0931 e. The molecule has 2 heterocycles. The van der Waals surface area contributed by atoms with E-state index in [2.05, 4.69) is 6.07 Å². The molecule has 1 aromatic heterocycles. The molecule has 1 saturated heterocycles. The predicted octanol–water partition coefficient (Wildman–Crippen LogP) is 2.70. The highest BCUT2D eigenvalue weighted by atomic mass is 35.5. The Bertz CT molecular complexity index is 309. The Kier molecular flexibility index (Phi) is 4.03. The van der Waals surface area contributed by atoms with Gasteiger partial charge in [0.25, 0.3) is 0 Å². The Balaban J connectivity index is 1.88. The van der Waals surface area contributed by atoms with Gasteiger partial charge < -0.3 is 10.5 Å². The van der Waals surface area contributed by atoms with Crippen LogP contribution in [0.4, 0.5) is 0 Å². The first-order valence-electron chi connectivity index (χ1n) is 5.33. The molecule has 0 radical (unpaired) electrons. The van der Waals surface area contributed by atoms with Crippen molar-refractivity contribution in [3.63, 3.8) is 0 Å². The molecule has 0 spiro atoms. The van der Waals surface area contributed by atoms with Crippen LogP contribution < -0.4 is 5.73 Å². The minimum atomic E-state index is 0.208. The molecule has 0 amide bonds. The van der Waals surface area contributed by atoms with Gasteiger partial charge in [0.1, 0.15) is 0 Å². The molecule has 2 N–H and O–H groups in total. The lowest BCUT2D eigenvalue weighted by Gasteiger charge is -2.27. The fraction of sp³-hybridized carbons (Fsp3) is 0.636. The van der Waals surface area contributed by atoms with Gasteiger partial charge in [-0.2, -0.15) is 0 Å². The van der Waals surface area contributed by atoms with E-state index in [0.29, 0.717) is 5.92 Å². The number of halogens is 1. The fourth-order valence-electron chi connectivity index (χ4n) is 1.96. The van der Waals surface area contributed by atoms with Crippen LogP contribution in [0.25, 0.3) is 0 Å². The molecule has 2 unspecified atom stereocenters. The number of rotatable bonds is 3. The molecule has 1 fully saturated rings. The molecule has 2 atom stereocenters. The Morgan fingerprint density at radius 2 is 2.47 bits per heavy atom. The quantitative estimate of drug-likeness (QED) is 0.889. The summed E-state index contributed by atoms with van der Waals surface area (Å²) in [4.78, 5) is 1.28. The van der Waals surface area contributed by atoms with Crippen LogP contribution >= 0.6 is 22.9 Å². The van der Waals surface area contributed by atoms with Gasteiger partial charge in [-0.05, 0) is 37.3 Å². The van der Waals surface area contributed by atoms with Crippen molar-refractivity contribution in [2.24, 2.45) is 11.7 Å². The highest BCUT2D eigenvalue weighted by Gasteiger charge is 2.21. The Morgan fingerprint density at radius 3 is 3.07 bits per heavy atom. The summed E-state index contributed by atoms with van der Waals surface area (Å²) in [6.45, 7) is 1.72. The Labute approximate surface area is 99.4 Å². The maximum absolute atomic E-state index is 6.17. The molecule has 1 aromatic rings. The maximum Gasteiger partial charge on any atom is 0.0931 e. The van der Waals surface area contributed by atoms with E-state index in [9.17, 15) is 0 Å². The Hall–Kier alpha value is -0.0900. The van der Waals surface area contributed by atoms with E-state index >= 15 is 0 Å². The van der Waals surface area contributed by atoms with Crippen molar-refractivity contribution in [2.45, 2.75) is 25.3 Å². The van der Waals surface area contributed by atoms with Crippen LogP contribution in [-0.4, -0.2) is 19.3 Å². The number of ether oxygens (including phenoxy) is 1. The normalized spacial score (nSPS) is 24.0. The highest BCUT2D eigenvalue weighted by molar-refractivity contribution is 7.16. The zero-order chi connectivity index (χ0) is 10.7. The first-order valence-corrected chi connectivity index (χ1v) is 6.52. The summed E-state index contributed by atoms with van der Waals surface area (Å²) >= 11 is 7.51. The Morgan fingerprint density at radius 1 is 1.60 bits per heavy atom. The van der Waals surface area contributed by atoms with Gasteiger partial charge >= 0.3 is 0 Å². The molecule has 4 heteroatoms. The maximum atomic E-state index is 6.17. The lowest BCUT2D eigenvalue weighted by Crippen LogP contribution is -2.37. The highest BCUT2D eigenvalue weighted by Crippen LogP contribution is 2.25. The van der Waals surface area contributed by atoms with E-state index in [1.165, 1.54) is 11.3 Å². The van der Waals surface area contributed by atoms with E-state index in [1.807, 2.05) is 6.07 Å². The zero-order valence-electron chi connectivity index (χ0n) is 8.62. The number of nitrogens with two attached hydrogens (primary N) is 1. The van der Waals surface area contributed by atoms with Crippen LogP contribution in [0, 0.1) is 5.92 Å². The van der Waals surface area contributed by atoms with Crippen molar-refractivity contribution in [1.82, 2.24) is 0 Å². The average Bonchev–Trinajstić information content (AvgIpc) is 2.65. The van der Waals surface area contributed by atoms with Gasteiger partial charge in [-0.3, -0.25) is 0 Å². The van der Waals surface area contributed by atoms with E-state index < -0.39 is 0 Å². The summed E-state index contributed by atoms with van der Waals surface area (Å²) in [5, 5.41) is 0. The number of thiophene rings is 1. The minimum Gasteiger partial charge on any atom is -0.381 e. The third-order valence-electron chi connectivity index (χ3n) is 2.87. The SMILES string of the molecule is NC(Cc1ccc(Cl)s1)C1CCCOC1. The van der Waals surface area contributed by atoms with E-state index in [-0.39, 0.29) is 6.04 Å². The van der Waals surface area contributed by atoms with Gasteiger partial charge in [0, 0.05) is 17.5 Å². The van der Waals surface area contributed by atoms with Crippen molar-refractivity contribution in [3.8, 4) is 0 Å². The third kappa shape index (κ3) is 3.18. The second kappa shape index (κ2) is 5.30. The van der Waals surface area contributed by atoms with Crippen LogP contribution in [0.5, 0.6) is 0 Å². The minimum absolute atomic E-state index is 0.208. The zero-order valence-corrected chi connectivity index (χ0v) is 10.2. The summed E-state index contributed by atoms with van der Waals surface area (Å²) < 4.78 is 6.29. The molecule has 0 aromatic carbocycles. The molecule has 1 aliphatic rings. The number of hydrogen-bond donors (Lipinski definition) is 1. The topological polar surface area (TPSA) is 35.2 Å². The monoisotopic (exact) mass is 245 g/mol. The molecule has 0 saturated carbocycles. The van der Waals surface area contributed by atoms with Crippen LogP contribution in [0.2, 0.25) is 4.34 Å². The van der Waals surface area contributed by atoms with Crippen LogP contribution in [0.15, 0.2) is 12.1 Å². The summed E-state index contributed by atoms with van der Waals surface area (Å²) in [5.41, 5.74) is 6.17. The van der Waals surface area contributed by atoms with Gasteiger partial charge in [0.15, 0.2) is 0 Å². The second-order valence-corrected chi connectivity index (χ2v) is 5.85. The molecule has 84 valence electrons. The van der Waals surface area contributed by atoms with Gasteiger partial charge in [-0.1, -0.05) is 11.6 Å². The molecular formula is C11H16ClNOS. The van der Waals surface area contributed by atoms with Crippen molar-refractivity contribution in [1.29, 1.82) is 0 Å². The summed E-state index contributed by atoms with van der Waals surface area (Å²) in [6.07, 6.45) is 3.26. The second-order valence-electron chi connectivity index (χ2n) is 4.05. The van der Waals surface area contributed by atoms with Gasteiger partial charge in [0.2, 0.25) is 0 Å². The van der Waals surface area contributed by atoms with E-state index in [1.54, 1.807) is 11.3 Å². The largest absolute Gasteiger partial charge is 0.381 e. The first-order chi connectivity index (χ1) is 7.25. The van der Waals surface area contributed by atoms with E-state index in [4.69, 9.17) is 22.1 Å². The summed E-state index contributed by atoms with van der Waals surface area (Å²) in [5.74, 6) is 0.514. The van der Waals surface area contributed by atoms with Crippen LogP contribution in [-0.2, 0) is 11.2 Å².